The molecule has 0 saturated heterocycles. The number of halogens is 2. The summed E-state index contributed by atoms with van der Waals surface area (Å²) in [6.07, 6.45) is 2.51. The second-order valence-electron chi connectivity index (χ2n) is 5.04. The number of hydrogen-bond donors (Lipinski definition) is 1. The van der Waals surface area contributed by atoms with Gasteiger partial charge in [0.1, 0.15) is 5.52 Å². The molecule has 2 heterocycles. The lowest BCUT2D eigenvalue weighted by Crippen LogP contribution is -2.30. The van der Waals surface area contributed by atoms with Crippen LogP contribution in [0.3, 0.4) is 0 Å². The average Bonchev–Trinajstić information content (AvgIpc) is 3.08. The molecular formula is C17H14ClIN2O2S. The van der Waals surface area contributed by atoms with Gasteiger partial charge in [0, 0.05) is 23.0 Å². The molecule has 1 amide bonds. The molecule has 24 heavy (non-hydrogen) atoms. The molecular weight excluding hydrogens is 459 g/mol. The number of thiophene rings is 1. The van der Waals surface area contributed by atoms with Crippen LogP contribution in [0.5, 0.6) is 5.75 Å². The Balaban J connectivity index is 1.62. The monoisotopic (exact) mass is 472 g/mol. The highest BCUT2D eigenvalue weighted by Crippen LogP contribution is 2.34. The van der Waals surface area contributed by atoms with E-state index in [1.54, 1.807) is 17.5 Å². The van der Waals surface area contributed by atoms with E-state index in [0.717, 1.165) is 15.4 Å². The number of rotatable bonds is 6. The molecule has 0 saturated carbocycles. The second kappa shape index (κ2) is 8.13. The van der Waals surface area contributed by atoms with Crippen LogP contribution in [-0.2, 0) is 11.2 Å². The van der Waals surface area contributed by atoms with Crippen LogP contribution in [-0.4, -0.2) is 24.0 Å². The number of ether oxygens (including phenoxy) is 1. The summed E-state index contributed by atoms with van der Waals surface area (Å²) in [5.74, 6) is 0.436. The van der Waals surface area contributed by atoms with Crippen LogP contribution >= 0.6 is 45.5 Å². The fraction of sp³-hybridized carbons (Fsp3) is 0.176. The van der Waals surface area contributed by atoms with Gasteiger partial charge >= 0.3 is 0 Å². The average molecular weight is 473 g/mol. The molecule has 0 atom stereocenters. The largest absolute Gasteiger partial charge is 0.480 e. The van der Waals surface area contributed by atoms with Gasteiger partial charge in [0.25, 0.3) is 5.91 Å². The van der Waals surface area contributed by atoms with Gasteiger partial charge in [-0.3, -0.25) is 9.78 Å². The highest BCUT2D eigenvalue weighted by atomic mass is 127. The standard InChI is InChI=1S/C17H14ClIN2O2S/c18-13-9-14(19)17(16-12(13)4-1-6-21-16)23-10-15(22)20-7-5-11-3-2-8-24-11/h1-4,6,8-9H,5,7,10H2,(H,20,22). The van der Waals surface area contributed by atoms with Crippen LogP contribution in [0.2, 0.25) is 5.02 Å². The maximum absolute atomic E-state index is 12.0. The first-order valence-corrected chi connectivity index (χ1v) is 9.63. The minimum absolute atomic E-state index is 0.0479. The molecule has 3 aromatic rings. The number of carbonyl (C=O) groups excluding carboxylic acids is 1. The van der Waals surface area contributed by atoms with E-state index in [9.17, 15) is 4.79 Å². The van der Waals surface area contributed by atoms with Gasteiger partial charge in [0.05, 0.1) is 8.59 Å². The Morgan fingerprint density at radius 2 is 2.25 bits per heavy atom. The molecule has 2 aromatic heterocycles. The topological polar surface area (TPSA) is 51.2 Å². The summed E-state index contributed by atoms with van der Waals surface area (Å²) in [7, 11) is 0. The molecule has 1 aromatic carbocycles. The van der Waals surface area contributed by atoms with Crippen molar-refractivity contribution in [2.45, 2.75) is 6.42 Å². The summed E-state index contributed by atoms with van der Waals surface area (Å²) in [6, 6.07) is 9.58. The van der Waals surface area contributed by atoms with Crippen molar-refractivity contribution < 1.29 is 9.53 Å². The first kappa shape index (κ1) is 17.4. The van der Waals surface area contributed by atoms with E-state index in [2.05, 4.69) is 39.0 Å². The summed E-state index contributed by atoms with van der Waals surface area (Å²) in [4.78, 5) is 17.6. The zero-order valence-corrected chi connectivity index (χ0v) is 16.3. The lowest BCUT2D eigenvalue weighted by atomic mass is 10.2. The van der Waals surface area contributed by atoms with E-state index >= 15 is 0 Å². The molecule has 0 aliphatic carbocycles. The molecule has 4 nitrogen and oxygen atoms in total. The molecule has 0 bridgehead atoms. The third-order valence-electron chi connectivity index (χ3n) is 3.37. The van der Waals surface area contributed by atoms with E-state index in [1.807, 2.05) is 29.6 Å². The number of aromatic nitrogens is 1. The van der Waals surface area contributed by atoms with Crippen molar-refractivity contribution >= 4 is 62.3 Å². The van der Waals surface area contributed by atoms with Crippen molar-refractivity contribution in [2.75, 3.05) is 13.2 Å². The van der Waals surface area contributed by atoms with Crippen molar-refractivity contribution in [3.8, 4) is 5.75 Å². The molecule has 0 spiro atoms. The summed E-state index contributed by atoms with van der Waals surface area (Å²) < 4.78 is 6.55. The number of carbonyl (C=O) groups is 1. The van der Waals surface area contributed by atoms with Crippen LogP contribution in [0.15, 0.2) is 41.9 Å². The highest BCUT2D eigenvalue weighted by molar-refractivity contribution is 14.1. The number of benzene rings is 1. The van der Waals surface area contributed by atoms with E-state index in [-0.39, 0.29) is 12.5 Å². The second-order valence-corrected chi connectivity index (χ2v) is 7.64. The van der Waals surface area contributed by atoms with Crippen LogP contribution in [0, 0.1) is 3.57 Å². The number of pyridine rings is 1. The smallest absolute Gasteiger partial charge is 0.257 e. The summed E-state index contributed by atoms with van der Waals surface area (Å²) in [5, 5.41) is 6.33. The molecule has 7 heteroatoms. The van der Waals surface area contributed by atoms with Gasteiger partial charge in [-0.25, -0.2) is 0 Å². The Hall–Kier alpha value is -1.38. The van der Waals surface area contributed by atoms with Crippen molar-refractivity contribution in [2.24, 2.45) is 0 Å². The van der Waals surface area contributed by atoms with Gasteiger partial charge in [0.15, 0.2) is 12.4 Å². The third kappa shape index (κ3) is 4.17. The van der Waals surface area contributed by atoms with Gasteiger partial charge in [-0.05, 0) is 58.7 Å². The summed E-state index contributed by atoms with van der Waals surface area (Å²) >= 11 is 10.1. The third-order valence-corrected chi connectivity index (χ3v) is 5.42. The van der Waals surface area contributed by atoms with Crippen LogP contribution in [0.1, 0.15) is 4.88 Å². The first-order chi connectivity index (χ1) is 11.6. The molecule has 3 rings (SSSR count). The summed E-state index contributed by atoms with van der Waals surface area (Å²) in [5.41, 5.74) is 0.667. The minimum atomic E-state index is -0.151. The lowest BCUT2D eigenvalue weighted by Gasteiger charge is -2.12. The minimum Gasteiger partial charge on any atom is -0.480 e. The molecule has 0 aliphatic rings. The maximum atomic E-state index is 12.0. The normalized spacial score (nSPS) is 10.8. The number of fused-ring (bicyclic) bond motifs is 1. The van der Waals surface area contributed by atoms with Crippen molar-refractivity contribution in [3.63, 3.8) is 0 Å². The van der Waals surface area contributed by atoms with Crippen LogP contribution in [0.25, 0.3) is 10.9 Å². The predicted octanol–water partition coefficient (Wildman–Crippen LogP) is 4.29. The maximum Gasteiger partial charge on any atom is 0.257 e. The van der Waals surface area contributed by atoms with Gasteiger partial charge < -0.3 is 10.1 Å². The zero-order valence-electron chi connectivity index (χ0n) is 12.6. The SMILES string of the molecule is O=C(COc1c(I)cc(Cl)c2cccnc12)NCCc1cccs1. The van der Waals surface area contributed by atoms with Gasteiger partial charge in [-0.15, -0.1) is 11.3 Å². The number of amides is 1. The molecule has 0 radical (unpaired) electrons. The first-order valence-electron chi connectivity index (χ1n) is 7.30. The Labute approximate surface area is 162 Å². The molecule has 0 aliphatic heterocycles. The van der Waals surface area contributed by atoms with Crippen LogP contribution < -0.4 is 10.1 Å². The highest BCUT2D eigenvalue weighted by Gasteiger charge is 2.13. The van der Waals surface area contributed by atoms with Crippen LogP contribution in [0.4, 0.5) is 0 Å². The van der Waals surface area contributed by atoms with E-state index in [0.29, 0.717) is 22.8 Å². The van der Waals surface area contributed by atoms with Gasteiger partial charge in [0.2, 0.25) is 0 Å². The predicted molar refractivity (Wildman–Crippen MR) is 106 cm³/mol. The Morgan fingerprint density at radius 1 is 1.38 bits per heavy atom. The molecule has 0 unspecified atom stereocenters. The Bertz CT molecular complexity index is 855. The Morgan fingerprint density at radius 3 is 3.04 bits per heavy atom. The number of nitrogens with zero attached hydrogens (tertiary/aromatic N) is 1. The number of nitrogens with one attached hydrogen (secondary N) is 1. The fourth-order valence-electron chi connectivity index (χ4n) is 2.25. The van der Waals surface area contributed by atoms with Crippen molar-refractivity contribution in [1.29, 1.82) is 0 Å². The van der Waals surface area contributed by atoms with E-state index in [4.69, 9.17) is 16.3 Å². The molecule has 124 valence electrons. The van der Waals surface area contributed by atoms with Gasteiger partial charge in [-0.2, -0.15) is 0 Å². The Kier molecular flexibility index (Phi) is 5.91. The van der Waals surface area contributed by atoms with E-state index < -0.39 is 0 Å². The van der Waals surface area contributed by atoms with Crippen molar-refractivity contribution in [3.05, 3.63) is 55.4 Å². The molecule has 0 fully saturated rings. The summed E-state index contributed by atoms with van der Waals surface area (Å²) in [6.45, 7) is 0.549. The molecule has 1 N–H and O–H groups in total. The van der Waals surface area contributed by atoms with Crippen molar-refractivity contribution in [1.82, 2.24) is 10.3 Å². The van der Waals surface area contributed by atoms with E-state index in [1.165, 1.54) is 4.88 Å². The lowest BCUT2D eigenvalue weighted by molar-refractivity contribution is -0.123. The fourth-order valence-corrected chi connectivity index (χ4v) is 4.13. The quantitative estimate of drug-likeness (QED) is 0.545. The number of hydrogen-bond acceptors (Lipinski definition) is 4. The zero-order chi connectivity index (χ0) is 16.9. The van der Waals surface area contributed by atoms with Gasteiger partial charge in [-0.1, -0.05) is 17.7 Å².